The van der Waals surface area contributed by atoms with Crippen molar-refractivity contribution in [1.29, 1.82) is 0 Å². The van der Waals surface area contributed by atoms with Gasteiger partial charge in [-0.05, 0) is 42.0 Å². The lowest BCUT2D eigenvalue weighted by Gasteiger charge is -2.09. The third-order valence-corrected chi connectivity index (χ3v) is 6.92. The Balaban J connectivity index is 1.29. The Bertz CT molecular complexity index is 1700. The van der Waals surface area contributed by atoms with Crippen LogP contribution in [0.1, 0.15) is 5.56 Å². The van der Waals surface area contributed by atoms with Crippen LogP contribution in [-0.2, 0) is 6.42 Å². The highest BCUT2D eigenvalue weighted by Gasteiger charge is 2.14. The maximum atomic E-state index is 6.29. The lowest BCUT2D eigenvalue weighted by atomic mass is 10.0. The zero-order chi connectivity index (χ0) is 24.5. The van der Waals surface area contributed by atoms with E-state index in [0.29, 0.717) is 22.5 Å². The number of ether oxygens (including phenoxy) is 1. The number of pyridine rings is 1. The van der Waals surface area contributed by atoms with Gasteiger partial charge in [0.25, 0.3) is 0 Å². The third-order valence-electron chi connectivity index (χ3n) is 6.18. The highest BCUT2D eigenvalue weighted by molar-refractivity contribution is 6.42. The molecular weight excluding hydrogens is 489 g/mol. The predicted molar refractivity (Wildman–Crippen MR) is 147 cm³/mol. The van der Waals surface area contributed by atoms with Gasteiger partial charge in [-0.2, -0.15) is 0 Å². The summed E-state index contributed by atoms with van der Waals surface area (Å²) < 4.78 is 7.99. The molecule has 0 bridgehead atoms. The number of rotatable bonds is 6. The molecule has 0 aliphatic carbocycles. The molecule has 0 spiro atoms. The van der Waals surface area contributed by atoms with Crippen molar-refractivity contribution >= 4 is 45.0 Å². The zero-order valence-corrected chi connectivity index (χ0v) is 20.7. The van der Waals surface area contributed by atoms with Crippen LogP contribution in [0, 0.1) is 0 Å². The second-order valence-electron chi connectivity index (χ2n) is 8.51. The molecule has 0 N–H and O–H groups in total. The Morgan fingerprint density at radius 1 is 0.722 bits per heavy atom. The first-order valence-electron chi connectivity index (χ1n) is 11.7. The standard InChI is InChI=1S/C30H21Cl2N3O/c31-25-14-13-23(18-26(25)32)35-29(21-7-2-1-3-8-21)19-30(34-35)36-16-15-20-10-6-12-28-24(20)17-22-9-4-5-11-27(22)33-28/h1-14,17-19H,15-16H2. The number of hydrogen-bond acceptors (Lipinski definition) is 3. The molecule has 2 heterocycles. The minimum absolute atomic E-state index is 0.475. The number of para-hydroxylation sites is 1. The average Bonchev–Trinajstić information content (AvgIpc) is 3.34. The third kappa shape index (κ3) is 4.41. The molecule has 0 aliphatic heterocycles. The van der Waals surface area contributed by atoms with E-state index in [9.17, 15) is 0 Å². The first-order valence-corrected chi connectivity index (χ1v) is 12.4. The SMILES string of the molecule is Clc1ccc(-n2nc(OCCc3cccc4nc5ccccc5cc34)cc2-c2ccccc2)cc1Cl. The van der Waals surface area contributed by atoms with Gasteiger partial charge in [-0.15, -0.1) is 5.10 Å². The van der Waals surface area contributed by atoms with Gasteiger partial charge in [0.15, 0.2) is 0 Å². The van der Waals surface area contributed by atoms with Crippen molar-refractivity contribution in [2.45, 2.75) is 6.42 Å². The van der Waals surface area contributed by atoms with Crippen LogP contribution >= 0.6 is 23.2 Å². The first-order chi connectivity index (χ1) is 17.7. The number of fused-ring (bicyclic) bond motifs is 2. The molecule has 36 heavy (non-hydrogen) atoms. The van der Waals surface area contributed by atoms with E-state index in [0.717, 1.165) is 45.2 Å². The molecule has 6 rings (SSSR count). The minimum atomic E-state index is 0.475. The van der Waals surface area contributed by atoms with Crippen LogP contribution in [-0.4, -0.2) is 21.4 Å². The zero-order valence-electron chi connectivity index (χ0n) is 19.2. The fourth-order valence-electron chi connectivity index (χ4n) is 4.40. The molecule has 0 atom stereocenters. The number of halogens is 2. The van der Waals surface area contributed by atoms with E-state index in [1.807, 2.05) is 71.4 Å². The van der Waals surface area contributed by atoms with Crippen LogP contribution in [0.25, 0.3) is 38.8 Å². The summed E-state index contributed by atoms with van der Waals surface area (Å²) in [5.41, 5.74) is 5.92. The molecular formula is C30H21Cl2N3O. The summed E-state index contributed by atoms with van der Waals surface area (Å²) in [6.07, 6.45) is 0.734. The smallest absolute Gasteiger partial charge is 0.233 e. The number of nitrogens with zero attached hydrogens (tertiary/aromatic N) is 3. The molecule has 6 heteroatoms. The maximum Gasteiger partial charge on any atom is 0.233 e. The molecule has 0 aliphatic rings. The quantitative estimate of drug-likeness (QED) is 0.212. The van der Waals surface area contributed by atoms with Crippen molar-refractivity contribution in [3.63, 3.8) is 0 Å². The monoisotopic (exact) mass is 509 g/mol. The summed E-state index contributed by atoms with van der Waals surface area (Å²) in [5, 5.41) is 8.00. The van der Waals surface area contributed by atoms with Gasteiger partial charge < -0.3 is 4.74 Å². The van der Waals surface area contributed by atoms with E-state index in [1.165, 1.54) is 5.56 Å². The van der Waals surface area contributed by atoms with Crippen molar-refractivity contribution in [1.82, 2.24) is 14.8 Å². The Hall–Kier alpha value is -3.86. The van der Waals surface area contributed by atoms with Crippen LogP contribution < -0.4 is 4.74 Å². The summed E-state index contributed by atoms with van der Waals surface area (Å²) in [5.74, 6) is 0.545. The fourth-order valence-corrected chi connectivity index (χ4v) is 4.69. The Kier molecular flexibility index (Phi) is 6.06. The van der Waals surface area contributed by atoms with Crippen LogP contribution in [0.15, 0.2) is 103 Å². The molecule has 0 fully saturated rings. The highest BCUT2D eigenvalue weighted by atomic mass is 35.5. The Morgan fingerprint density at radius 2 is 1.53 bits per heavy atom. The van der Waals surface area contributed by atoms with Gasteiger partial charge in [0, 0.05) is 28.8 Å². The molecule has 0 radical (unpaired) electrons. The summed E-state index contributed by atoms with van der Waals surface area (Å²) in [6, 6.07) is 34.1. The van der Waals surface area contributed by atoms with Gasteiger partial charge in [0.1, 0.15) is 0 Å². The van der Waals surface area contributed by atoms with Crippen molar-refractivity contribution < 1.29 is 4.74 Å². The van der Waals surface area contributed by atoms with Crippen molar-refractivity contribution in [3.8, 4) is 22.8 Å². The van der Waals surface area contributed by atoms with E-state index < -0.39 is 0 Å². The molecule has 4 nitrogen and oxygen atoms in total. The molecule has 176 valence electrons. The van der Waals surface area contributed by atoms with Gasteiger partial charge in [0.2, 0.25) is 5.88 Å². The summed E-state index contributed by atoms with van der Waals surface area (Å²) in [6.45, 7) is 0.485. The van der Waals surface area contributed by atoms with Gasteiger partial charge in [-0.25, -0.2) is 9.67 Å². The fraction of sp³-hybridized carbons (Fsp3) is 0.0667. The van der Waals surface area contributed by atoms with Crippen molar-refractivity contribution in [2.75, 3.05) is 6.61 Å². The van der Waals surface area contributed by atoms with Gasteiger partial charge in [0.05, 0.1) is 39.1 Å². The van der Waals surface area contributed by atoms with Gasteiger partial charge >= 0.3 is 0 Å². The second kappa shape index (κ2) is 9.65. The van der Waals surface area contributed by atoms with Gasteiger partial charge in [-0.3, -0.25) is 0 Å². The summed E-state index contributed by atoms with van der Waals surface area (Å²) in [7, 11) is 0. The first kappa shape index (κ1) is 22.6. The minimum Gasteiger partial charge on any atom is -0.476 e. The van der Waals surface area contributed by atoms with Crippen LogP contribution in [0.3, 0.4) is 0 Å². The summed E-state index contributed by atoms with van der Waals surface area (Å²) in [4.78, 5) is 4.82. The maximum absolute atomic E-state index is 6.29. The normalized spacial score (nSPS) is 11.3. The van der Waals surface area contributed by atoms with E-state index in [1.54, 1.807) is 12.1 Å². The largest absolute Gasteiger partial charge is 0.476 e. The lowest BCUT2D eigenvalue weighted by molar-refractivity contribution is 0.308. The van der Waals surface area contributed by atoms with Crippen molar-refractivity contribution in [3.05, 3.63) is 119 Å². The molecule has 2 aromatic heterocycles. The van der Waals surface area contributed by atoms with E-state index >= 15 is 0 Å². The van der Waals surface area contributed by atoms with Crippen LogP contribution in [0.5, 0.6) is 5.88 Å². The second-order valence-corrected chi connectivity index (χ2v) is 9.32. The number of benzene rings is 4. The molecule has 0 saturated carbocycles. The highest BCUT2D eigenvalue weighted by Crippen LogP contribution is 2.30. The Morgan fingerprint density at radius 3 is 2.39 bits per heavy atom. The van der Waals surface area contributed by atoms with Crippen LogP contribution in [0.4, 0.5) is 0 Å². The van der Waals surface area contributed by atoms with E-state index in [-0.39, 0.29) is 0 Å². The number of aromatic nitrogens is 3. The molecule has 0 unspecified atom stereocenters. The molecule has 0 amide bonds. The van der Waals surface area contributed by atoms with E-state index in [2.05, 4.69) is 24.3 Å². The number of hydrogen-bond donors (Lipinski definition) is 0. The topological polar surface area (TPSA) is 39.9 Å². The lowest BCUT2D eigenvalue weighted by Crippen LogP contribution is -2.04. The average molecular weight is 510 g/mol. The molecule has 0 saturated heterocycles. The van der Waals surface area contributed by atoms with Crippen molar-refractivity contribution in [2.24, 2.45) is 0 Å². The summed E-state index contributed by atoms with van der Waals surface area (Å²) >= 11 is 12.4. The molecule has 6 aromatic rings. The molecule has 4 aromatic carbocycles. The Labute approximate surface area is 218 Å². The van der Waals surface area contributed by atoms with Crippen LogP contribution in [0.2, 0.25) is 10.0 Å². The van der Waals surface area contributed by atoms with Gasteiger partial charge in [-0.1, -0.05) is 83.9 Å². The predicted octanol–water partition coefficient (Wildman–Crippen LogP) is 8.17. The van der Waals surface area contributed by atoms with E-state index in [4.69, 9.17) is 38.0 Å².